The average Bonchev–Trinajstić information content (AvgIpc) is 2.50. The Morgan fingerprint density at radius 3 is 2.79 bits per heavy atom. The summed E-state index contributed by atoms with van der Waals surface area (Å²) in [5.41, 5.74) is 5.23. The van der Waals surface area contributed by atoms with E-state index in [4.69, 9.17) is 5.73 Å². The molecule has 0 aliphatic heterocycles. The fraction of sp³-hybridized carbons (Fsp3) is 1.00. The Morgan fingerprint density at radius 2 is 2.21 bits per heavy atom. The average molecular weight is 238 g/mol. The van der Waals surface area contributed by atoms with Crippen molar-refractivity contribution in [2.75, 3.05) is 18.6 Å². The van der Waals surface area contributed by atoms with Gasteiger partial charge in [0.05, 0.1) is 5.75 Å². The van der Waals surface area contributed by atoms with E-state index in [2.05, 4.69) is 4.72 Å². The molecular weight excluding hydrogens is 220 g/mol. The van der Waals surface area contributed by atoms with Crippen molar-refractivity contribution in [3.63, 3.8) is 0 Å². The van der Waals surface area contributed by atoms with E-state index >= 15 is 0 Å². The molecule has 1 saturated carbocycles. The molecule has 2 unspecified atom stereocenters. The Morgan fingerprint density at radius 1 is 1.50 bits per heavy atom. The van der Waals surface area contributed by atoms with E-state index in [-0.39, 0.29) is 18.3 Å². The van der Waals surface area contributed by atoms with Gasteiger partial charge in [-0.1, -0.05) is 6.42 Å². The van der Waals surface area contributed by atoms with Crippen LogP contribution in [0.25, 0.3) is 0 Å². The minimum atomic E-state index is -3.15. The van der Waals surface area contributed by atoms with Crippen molar-refractivity contribution in [2.45, 2.75) is 30.6 Å². The zero-order chi connectivity index (χ0) is 10.6. The second kappa shape index (κ2) is 5.34. The van der Waals surface area contributed by atoms with Crippen LogP contribution in [0, 0.1) is 0 Å². The Bertz CT molecular complexity index is 267. The third-order valence-corrected chi connectivity index (χ3v) is 5.08. The van der Waals surface area contributed by atoms with E-state index in [0.717, 1.165) is 19.3 Å². The molecule has 0 spiro atoms. The van der Waals surface area contributed by atoms with Crippen LogP contribution in [0.4, 0.5) is 0 Å². The summed E-state index contributed by atoms with van der Waals surface area (Å²) >= 11 is 1.74. The number of sulfonamides is 1. The summed E-state index contributed by atoms with van der Waals surface area (Å²) in [5, 5.41) is 0.433. The third-order valence-electron chi connectivity index (χ3n) is 2.47. The lowest BCUT2D eigenvalue weighted by molar-refractivity contribution is 0.555. The lowest BCUT2D eigenvalue weighted by Gasteiger charge is -2.18. The predicted molar refractivity (Wildman–Crippen MR) is 60.9 cm³/mol. The maximum atomic E-state index is 11.4. The van der Waals surface area contributed by atoms with Gasteiger partial charge in [-0.25, -0.2) is 13.1 Å². The van der Waals surface area contributed by atoms with E-state index in [0.29, 0.717) is 5.25 Å². The monoisotopic (exact) mass is 238 g/mol. The zero-order valence-electron chi connectivity index (χ0n) is 8.40. The van der Waals surface area contributed by atoms with E-state index in [9.17, 15) is 8.42 Å². The van der Waals surface area contributed by atoms with Gasteiger partial charge < -0.3 is 5.73 Å². The van der Waals surface area contributed by atoms with Crippen molar-refractivity contribution < 1.29 is 8.42 Å². The molecule has 3 N–H and O–H groups in total. The molecule has 14 heavy (non-hydrogen) atoms. The van der Waals surface area contributed by atoms with Crippen LogP contribution < -0.4 is 10.5 Å². The molecule has 0 aromatic carbocycles. The van der Waals surface area contributed by atoms with Gasteiger partial charge in [0.15, 0.2) is 0 Å². The fourth-order valence-electron chi connectivity index (χ4n) is 1.79. The standard InChI is InChI=1S/C8H18N2O2S2/c1-13-8-4-2-3-7(8)10-14(11,12)6-5-9/h7-8,10H,2-6,9H2,1H3. The molecule has 0 radical (unpaired) electrons. The topological polar surface area (TPSA) is 72.2 Å². The number of rotatable bonds is 5. The SMILES string of the molecule is CSC1CCCC1NS(=O)(=O)CCN. The van der Waals surface area contributed by atoms with Crippen LogP contribution in [0.15, 0.2) is 0 Å². The van der Waals surface area contributed by atoms with E-state index < -0.39 is 10.0 Å². The fourth-order valence-corrected chi connectivity index (χ4v) is 3.98. The molecule has 0 saturated heterocycles. The molecular formula is C8H18N2O2S2. The molecule has 1 rings (SSSR count). The van der Waals surface area contributed by atoms with Crippen LogP contribution in [0.5, 0.6) is 0 Å². The minimum absolute atomic E-state index is 0.0323. The van der Waals surface area contributed by atoms with Crippen molar-refractivity contribution in [3.8, 4) is 0 Å². The lowest BCUT2D eigenvalue weighted by Crippen LogP contribution is -2.41. The highest BCUT2D eigenvalue weighted by atomic mass is 32.2. The molecule has 84 valence electrons. The number of hydrogen-bond acceptors (Lipinski definition) is 4. The first-order valence-corrected chi connectivity index (χ1v) is 7.76. The van der Waals surface area contributed by atoms with Crippen LogP contribution in [0.1, 0.15) is 19.3 Å². The molecule has 0 aromatic rings. The summed E-state index contributed by atoms with van der Waals surface area (Å²) in [6.45, 7) is 0.186. The third kappa shape index (κ3) is 3.42. The van der Waals surface area contributed by atoms with Crippen LogP contribution in [0.3, 0.4) is 0 Å². The quantitative estimate of drug-likeness (QED) is 0.715. The second-order valence-corrected chi connectivity index (χ2v) is 6.49. The van der Waals surface area contributed by atoms with Gasteiger partial charge in [-0.2, -0.15) is 11.8 Å². The number of nitrogens with one attached hydrogen (secondary N) is 1. The first-order chi connectivity index (χ1) is 6.59. The first kappa shape index (κ1) is 12.3. The van der Waals surface area contributed by atoms with Gasteiger partial charge in [0.25, 0.3) is 0 Å². The van der Waals surface area contributed by atoms with Gasteiger partial charge in [-0.05, 0) is 19.1 Å². The highest BCUT2D eigenvalue weighted by molar-refractivity contribution is 7.99. The number of hydrogen-bond donors (Lipinski definition) is 2. The summed E-state index contributed by atoms with van der Waals surface area (Å²) in [6, 6.07) is 0.113. The lowest BCUT2D eigenvalue weighted by atomic mass is 10.3. The smallest absolute Gasteiger partial charge is 0.213 e. The highest BCUT2D eigenvalue weighted by Crippen LogP contribution is 2.28. The molecule has 1 aliphatic rings. The van der Waals surface area contributed by atoms with Crippen LogP contribution >= 0.6 is 11.8 Å². The zero-order valence-corrected chi connectivity index (χ0v) is 10.0. The van der Waals surface area contributed by atoms with E-state index in [1.807, 2.05) is 6.26 Å². The van der Waals surface area contributed by atoms with Crippen molar-refractivity contribution in [1.29, 1.82) is 0 Å². The van der Waals surface area contributed by atoms with Crippen LogP contribution in [-0.4, -0.2) is 38.3 Å². The van der Waals surface area contributed by atoms with E-state index in [1.165, 1.54) is 0 Å². The molecule has 2 atom stereocenters. The minimum Gasteiger partial charge on any atom is -0.329 e. The molecule has 0 bridgehead atoms. The maximum absolute atomic E-state index is 11.4. The Kier molecular flexibility index (Phi) is 4.69. The van der Waals surface area contributed by atoms with Gasteiger partial charge in [-0.15, -0.1) is 0 Å². The van der Waals surface area contributed by atoms with Crippen molar-refractivity contribution in [1.82, 2.24) is 4.72 Å². The van der Waals surface area contributed by atoms with Gasteiger partial charge in [0.2, 0.25) is 10.0 Å². The van der Waals surface area contributed by atoms with Crippen LogP contribution in [0.2, 0.25) is 0 Å². The number of thioether (sulfide) groups is 1. The molecule has 1 aliphatic carbocycles. The summed E-state index contributed by atoms with van der Waals surface area (Å²) < 4.78 is 25.6. The predicted octanol–water partition coefficient (Wildman–Crippen LogP) is 0.149. The Labute approximate surface area is 90.1 Å². The second-order valence-electron chi connectivity index (χ2n) is 3.54. The van der Waals surface area contributed by atoms with Gasteiger partial charge in [0.1, 0.15) is 0 Å². The molecule has 0 amide bonds. The van der Waals surface area contributed by atoms with Crippen molar-refractivity contribution in [3.05, 3.63) is 0 Å². The molecule has 1 fully saturated rings. The van der Waals surface area contributed by atoms with Crippen LogP contribution in [-0.2, 0) is 10.0 Å². The normalized spacial score (nSPS) is 28.1. The van der Waals surface area contributed by atoms with Gasteiger partial charge in [-0.3, -0.25) is 0 Å². The summed E-state index contributed by atoms with van der Waals surface area (Å²) in [7, 11) is -3.15. The van der Waals surface area contributed by atoms with E-state index in [1.54, 1.807) is 11.8 Å². The molecule has 0 heterocycles. The maximum Gasteiger partial charge on any atom is 0.213 e. The molecule has 6 heteroatoms. The summed E-state index contributed by atoms with van der Waals surface area (Å²) in [4.78, 5) is 0. The summed E-state index contributed by atoms with van der Waals surface area (Å²) in [5.74, 6) is 0.0323. The summed E-state index contributed by atoms with van der Waals surface area (Å²) in [6.07, 6.45) is 5.20. The molecule has 0 aromatic heterocycles. The van der Waals surface area contributed by atoms with Crippen molar-refractivity contribution >= 4 is 21.8 Å². The highest BCUT2D eigenvalue weighted by Gasteiger charge is 2.29. The number of nitrogens with two attached hydrogens (primary N) is 1. The van der Waals surface area contributed by atoms with Crippen molar-refractivity contribution in [2.24, 2.45) is 5.73 Å². The largest absolute Gasteiger partial charge is 0.329 e. The van der Waals surface area contributed by atoms with Gasteiger partial charge >= 0.3 is 0 Å². The van der Waals surface area contributed by atoms with Gasteiger partial charge in [0, 0.05) is 17.8 Å². The Hall–Kier alpha value is 0.220. The Balaban J connectivity index is 2.51. The first-order valence-electron chi connectivity index (χ1n) is 4.82. The molecule has 4 nitrogen and oxygen atoms in total.